The summed E-state index contributed by atoms with van der Waals surface area (Å²) >= 11 is 0. The molecule has 0 aliphatic rings. The van der Waals surface area contributed by atoms with Crippen molar-refractivity contribution in [1.29, 1.82) is 0 Å². The van der Waals surface area contributed by atoms with Crippen LogP contribution in [0.5, 0.6) is 5.75 Å². The van der Waals surface area contributed by atoms with Crippen LogP contribution in [0, 0.1) is 5.82 Å². The van der Waals surface area contributed by atoms with Gasteiger partial charge in [-0.25, -0.2) is 4.39 Å². The van der Waals surface area contributed by atoms with Gasteiger partial charge in [-0.3, -0.25) is 0 Å². The van der Waals surface area contributed by atoms with Gasteiger partial charge in [-0.15, -0.1) is 0 Å². The Labute approximate surface area is 118 Å². The summed E-state index contributed by atoms with van der Waals surface area (Å²) in [6.45, 7) is 1.59. The summed E-state index contributed by atoms with van der Waals surface area (Å²) in [5.74, 6) is 0.211. The SMILES string of the molecule is COCC(CNCC(O)COc1ccc(F)cc1)OC. The molecule has 2 N–H and O–H groups in total. The van der Waals surface area contributed by atoms with Gasteiger partial charge >= 0.3 is 0 Å². The third-order valence-electron chi connectivity index (χ3n) is 2.69. The third kappa shape index (κ3) is 6.81. The van der Waals surface area contributed by atoms with Gasteiger partial charge in [0.1, 0.15) is 24.3 Å². The van der Waals surface area contributed by atoms with E-state index >= 15 is 0 Å². The average molecular weight is 287 g/mol. The van der Waals surface area contributed by atoms with Gasteiger partial charge in [0.25, 0.3) is 0 Å². The zero-order chi connectivity index (χ0) is 14.8. The predicted molar refractivity (Wildman–Crippen MR) is 73.4 cm³/mol. The summed E-state index contributed by atoms with van der Waals surface area (Å²) in [6, 6.07) is 5.67. The first-order valence-corrected chi connectivity index (χ1v) is 6.44. The van der Waals surface area contributed by atoms with Crippen LogP contribution in [0.25, 0.3) is 0 Å². The van der Waals surface area contributed by atoms with Crippen molar-refractivity contribution in [3.05, 3.63) is 30.1 Å². The van der Waals surface area contributed by atoms with Crippen LogP contribution in [0.15, 0.2) is 24.3 Å². The molecule has 1 aromatic rings. The van der Waals surface area contributed by atoms with Crippen LogP contribution in [0.3, 0.4) is 0 Å². The minimum atomic E-state index is -0.653. The Balaban J connectivity index is 2.16. The Morgan fingerprint density at radius 3 is 2.45 bits per heavy atom. The monoisotopic (exact) mass is 287 g/mol. The van der Waals surface area contributed by atoms with Gasteiger partial charge in [0, 0.05) is 27.3 Å². The largest absolute Gasteiger partial charge is 0.491 e. The Bertz CT molecular complexity index is 361. The molecule has 0 fully saturated rings. The maximum Gasteiger partial charge on any atom is 0.123 e. The first kappa shape index (κ1) is 16.8. The number of rotatable bonds is 10. The number of aliphatic hydroxyl groups is 1. The number of hydrogen-bond acceptors (Lipinski definition) is 5. The van der Waals surface area contributed by atoms with Crippen LogP contribution in [0.1, 0.15) is 0 Å². The second-order valence-electron chi connectivity index (χ2n) is 4.39. The lowest BCUT2D eigenvalue weighted by Crippen LogP contribution is -2.38. The highest BCUT2D eigenvalue weighted by Crippen LogP contribution is 2.11. The Hall–Kier alpha value is -1.21. The standard InChI is InChI=1S/C14H22FNO4/c1-18-10-14(19-2)8-16-7-12(17)9-20-13-5-3-11(15)4-6-13/h3-6,12,14,16-17H,7-10H2,1-2H3. The predicted octanol–water partition coefficient (Wildman–Crippen LogP) is 0.816. The maximum atomic E-state index is 12.7. The molecule has 20 heavy (non-hydrogen) atoms. The number of halogens is 1. The first-order valence-electron chi connectivity index (χ1n) is 6.44. The smallest absolute Gasteiger partial charge is 0.123 e. The van der Waals surface area contributed by atoms with Crippen molar-refractivity contribution in [2.75, 3.05) is 40.5 Å². The second-order valence-corrected chi connectivity index (χ2v) is 4.39. The van der Waals surface area contributed by atoms with E-state index in [1.54, 1.807) is 14.2 Å². The molecule has 1 rings (SSSR count). The van der Waals surface area contributed by atoms with Crippen molar-refractivity contribution in [1.82, 2.24) is 5.32 Å². The Morgan fingerprint density at radius 1 is 1.15 bits per heavy atom. The van der Waals surface area contributed by atoms with Crippen LogP contribution in [-0.2, 0) is 9.47 Å². The van der Waals surface area contributed by atoms with Gasteiger partial charge in [-0.1, -0.05) is 0 Å². The van der Waals surface area contributed by atoms with Crippen LogP contribution in [0.2, 0.25) is 0 Å². The molecule has 6 heteroatoms. The lowest BCUT2D eigenvalue weighted by molar-refractivity contribution is 0.0257. The average Bonchev–Trinajstić information content (AvgIpc) is 2.45. The molecule has 0 aliphatic heterocycles. The number of ether oxygens (including phenoxy) is 3. The number of nitrogens with one attached hydrogen (secondary N) is 1. The molecule has 0 aromatic heterocycles. The fourth-order valence-corrected chi connectivity index (χ4v) is 1.59. The van der Waals surface area contributed by atoms with Gasteiger partial charge in [0.15, 0.2) is 0 Å². The molecule has 0 amide bonds. The van der Waals surface area contributed by atoms with Crippen LogP contribution >= 0.6 is 0 Å². The second kappa shape index (κ2) is 9.66. The molecule has 1 aromatic carbocycles. The van der Waals surface area contributed by atoms with Crippen LogP contribution in [0.4, 0.5) is 4.39 Å². The summed E-state index contributed by atoms with van der Waals surface area (Å²) in [5.41, 5.74) is 0. The van der Waals surface area contributed by atoms with Gasteiger partial charge in [-0.2, -0.15) is 0 Å². The van der Waals surface area contributed by atoms with Crippen molar-refractivity contribution in [3.63, 3.8) is 0 Å². The van der Waals surface area contributed by atoms with Gasteiger partial charge in [0.05, 0.1) is 12.7 Å². The highest BCUT2D eigenvalue weighted by molar-refractivity contribution is 5.22. The number of methoxy groups -OCH3 is 2. The summed E-state index contributed by atoms with van der Waals surface area (Å²) in [6.07, 6.45) is -0.703. The van der Waals surface area contributed by atoms with E-state index in [1.807, 2.05) is 0 Å². The molecule has 2 unspecified atom stereocenters. The molecule has 0 saturated heterocycles. The maximum absolute atomic E-state index is 12.7. The minimum Gasteiger partial charge on any atom is -0.491 e. The third-order valence-corrected chi connectivity index (χ3v) is 2.69. The van der Waals surface area contributed by atoms with E-state index in [9.17, 15) is 9.50 Å². The molecular formula is C14H22FNO4. The normalized spacial score (nSPS) is 14.0. The highest BCUT2D eigenvalue weighted by Gasteiger charge is 2.09. The quantitative estimate of drug-likeness (QED) is 0.667. The summed E-state index contributed by atoms with van der Waals surface area (Å²) in [4.78, 5) is 0. The first-order chi connectivity index (χ1) is 9.65. The summed E-state index contributed by atoms with van der Waals surface area (Å²) < 4.78 is 28.2. The van der Waals surface area contributed by atoms with Gasteiger partial charge < -0.3 is 24.6 Å². The lowest BCUT2D eigenvalue weighted by Gasteiger charge is -2.17. The molecule has 0 aliphatic carbocycles. The fraction of sp³-hybridized carbons (Fsp3) is 0.571. The number of aliphatic hydroxyl groups excluding tert-OH is 1. The molecular weight excluding hydrogens is 265 g/mol. The number of hydrogen-bond donors (Lipinski definition) is 2. The summed E-state index contributed by atoms with van der Waals surface area (Å²) in [7, 11) is 3.22. The van der Waals surface area contributed by atoms with Crippen molar-refractivity contribution < 1.29 is 23.7 Å². The molecule has 2 atom stereocenters. The van der Waals surface area contributed by atoms with E-state index in [0.717, 1.165) is 0 Å². The highest BCUT2D eigenvalue weighted by atomic mass is 19.1. The zero-order valence-electron chi connectivity index (χ0n) is 11.8. The fourth-order valence-electron chi connectivity index (χ4n) is 1.59. The van der Waals surface area contributed by atoms with E-state index in [2.05, 4.69) is 5.32 Å². The van der Waals surface area contributed by atoms with Crippen LogP contribution in [-0.4, -0.2) is 57.8 Å². The summed E-state index contributed by atoms with van der Waals surface area (Å²) in [5, 5.41) is 12.8. The topological polar surface area (TPSA) is 60.0 Å². The van der Waals surface area contributed by atoms with Crippen molar-refractivity contribution in [2.45, 2.75) is 12.2 Å². The van der Waals surface area contributed by atoms with Crippen LogP contribution < -0.4 is 10.1 Å². The zero-order valence-corrected chi connectivity index (χ0v) is 11.8. The van der Waals surface area contributed by atoms with Crippen molar-refractivity contribution >= 4 is 0 Å². The van der Waals surface area contributed by atoms with Crippen molar-refractivity contribution in [2.24, 2.45) is 0 Å². The molecule has 5 nitrogen and oxygen atoms in total. The van der Waals surface area contributed by atoms with Gasteiger partial charge in [0.2, 0.25) is 0 Å². The van der Waals surface area contributed by atoms with E-state index in [4.69, 9.17) is 14.2 Å². The van der Waals surface area contributed by atoms with Crippen molar-refractivity contribution in [3.8, 4) is 5.75 Å². The molecule has 0 spiro atoms. The molecule has 0 radical (unpaired) electrons. The molecule has 0 bridgehead atoms. The van der Waals surface area contributed by atoms with E-state index in [-0.39, 0.29) is 18.5 Å². The van der Waals surface area contributed by atoms with E-state index in [0.29, 0.717) is 25.4 Å². The molecule has 114 valence electrons. The lowest BCUT2D eigenvalue weighted by atomic mass is 10.3. The number of benzene rings is 1. The van der Waals surface area contributed by atoms with E-state index in [1.165, 1.54) is 24.3 Å². The van der Waals surface area contributed by atoms with E-state index < -0.39 is 6.10 Å². The molecule has 0 saturated carbocycles. The minimum absolute atomic E-state index is 0.0507. The Morgan fingerprint density at radius 2 is 1.85 bits per heavy atom. The van der Waals surface area contributed by atoms with Gasteiger partial charge in [-0.05, 0) is 24.3 Å². The molecule has 0 heterocycles. The Kier molecular flexibility index (Phi) is 8.13.